The summed E-state index contributed by atoms with van der Waals surface area (Å²) in [5, 5.41) is 10.0. The molecule has 1 rings (SSSR count). The fraction of sp³-hybridized carbons (Fsp3) is 0.538. The van der Waals surface area contributed by atoms with Gasteiger partial charge in [0.15, 0.2) is 0 Å². The average molecular weight is 352 g/mol. The van der Waals surface area contributed by atoms with Crippen LogP contribution in [0, 0.1) is 5.82 Å². The van der Waals surface area contributed by atoms with Crippen LogP contribution in [-0.2, 0) is 16.9 Å². The van der Waals surface area contributed by atoms with Gasteiger partial charge in [-0.3, -0.25) is 0 Å². The fourth-order valence-corrected chi connectivity index (χ4v) is 3.47. The standard InChI is InChI=1S/C13H19BrFNO2S/c1-12(2,17)8-13(3,16-19(4)18)10-7-9(14)5-6-11(10)15/h5-7,16-17H,8H2,1-4H3/t13-,19?/m0/s1. The minimum absolute atomic E-state index is 0.229. The number of benzene rings is 1. The van der Waals surface area contributed by atoms with Gasteiger partial charge in [0.25, 0.3) is 0 Å². The predicted molar refractivity (Wildman–Crippen MR) is 79.6 cm³/mol. The van der Waals surface area contributed by atoms with Crippen LogP contribution in [0.5, 0.6) is 0 Å². The van der Waals surface area contributed by atoms with Crippen molar-refractivity contribution in [3.05, 3.63) is 34.1 Å². The SMILES string of the molecule is C[S+]([O-])N[C@@](C)(CC(C)(C)O)c1cc(Br)ccc1F. The number of aliphatic hydroxyl groups is 1. The van der Waals surface area contributed by atoms with Crippen LogP contribution in [0.2, 0.25) is 0 Å². The molecule has 1 aromatic carbocycles. The molecule has 3 nitrogen and oxygen atoms in total. The zero-order valence-corrected chi connectivity index (χ0v) is 13.9. The van der Waals surface area contributed by atoms with Gasteiger partial charge in [0.1, 0.15) is 12.1 Å². The van der Waals surface area contributed by atoms with Crippen LogP contribution in [0.3, 0.4) is 0 Å². The van der Waals surface area contributed by atoms with E-state index in [1.54, 1.807) is 32.9 Å². The van der Waals surface area contributed by atoms with Gasteiger partial charge in [-0.15, -0.1) is 4.72 Å². The summed E-state index contributed by atoms with van der Waals surface area (Å²) >= 11 is 1.97. The Kier molecular flexibility index (Phi) is 5.43. The van der Waals surface area contributed by atoms with Crippen molar-refractivity contribution in [3.8, 4) is 0 Å². The van der Waals surface area contributed by atoms with E-state index in [2.05, 4.69) is 20.7 Å². The molecule has 1 unspecified atom stereocenters. The lowest BCUT2D eigenvalue weighted by atomic mass is 9.83. The summed E-state index contributed by atoms with van der Waals surface area (Å²) < 4.78 is 29.1. The number of nitrogens with one attached hydrogen (secondary N) is 1. The number of hydrogen-bond donors (Lipinski definition) is 2. The fourth-order valence-electron chi connectivity index (χ4n) is 2.29. The van der Waals surface area contributed by atoms with Crippen LogP contribution in [0.1, 0.15) is 32.8 Å². The molecule has 0 heterocycles. The Hall–Kier alpha value is -0.140. The van der Waals surface area contributed by atoms with E-state index in [9.17, 15) is 14.0 Å². The minimum atomic E-state index is -1.33. The second-order valence-corrected chi connectivity index (χ2v) is 7.53. The second-order valence-electron chi connectivity index (χ2n) is 5.50. The van der Waals surface area contributed by atoms with Crippen LogP contribution in [0.15, 0.2) is 22.7 Å². The molecule has 0 saturated heterocycles. The summed E-state index contributed by atoms with van der Waals surface area (Å²) in [4.78, 5) is 0. The monoisotopic (exact) mass is 351 g/mol. The Bertz CT molecular complexity index is 451. The molecule has 0 aromatic heterocycles. The molecular formula is C13H19BrFNO2S. The van der Waals surface area contributed by atoms with Gasteiger partial charge in [-0.2, -0.15) is 0 Å². The highest BCUT2D eigenvalue weighted by Crippen LogP contribution is 2.34. The van der Waals surface area contributed by atoms with E-state index in [4.69, 9.17) is 0 Å². The van der Waals surface area contributed by atoms with Crippen LogP contribution < -0.4 is 4.72 Å². The van der Waals surface area contributed by atoms with Crippen molar-refractivity contribution in [2.75, 3.05) is 6.26 Å². The molecule has 19 heavy (non-hydrogen) atoms. The lowest BCUT2D eigenvalue weighted by molar-refractivity contribution is 0.0438. The maximum absolute atomic E-state index is 14.0. The Labute approximate surface area is 125 Å². The molecule has 0 radical (unpaired) electrons. The molecular weight excluding hydrogens is 333 g/mol. The highest BCUT2D eigenvalue weighted by Gasteiger charge is 2.38. The first kappa shape index (κ1) is 16.9. The summed E-state index contributed by atoms with van der Waals surface area (Å²) in [6, 6.07) is 4.59. The molecule has 1 aromatic rings. The normalized spacial score (nSPS) is 17.1. The topological polar surface area (TPSA) is 55.3 Å². The molecule has 0 bridgehead atoms. The first-order valence-corrected chi connectivity index (χ1v) is 8.18. The summed E-state index contributed by atoms with van der Waals surface area (Å²) in [5.41, 5.74) is -1.57. The summed E-state index contributed by atoms with van der Waals surface area (Å²) in [7, 11) is 0. The van der Waals surface area contributed by atoms with Gasteiger partial charge in [-0.25, -0.2) is 4.39 Å². The Morgan fingerprint density at radius 3 is 2.47 bits per heavy atom. The first-order chi connectivity index (χ1) is 8.53. The van der Waals surface area contributed by atoms with Crippen molar-refractivity contribution < 1.29 is 14.0 Å². The molecule has 0 aliphatic rings. The van der Waals surface area contributed by atoms with E-state index >= 15 is 0 Å². The third kappa shape index (κ3) is 5.04. The van der Waals surface area contributed by atoms with Crippen LogP contribution >= 0.6 is 15.9 Å². The van der Waals surface area contributed by atoms with Crippen LogP contribution in [-0.4, -0.2) is 21.5 Å². The van der Waals surface area contributed by atoms with Gasteiger partial charge in [0.05, 0.1) is 11.1 Å². The van der Waals surface area contributed by atoms with E-state index in [0.29, 0.717) is 5.56 Å². The second kappa shape index (κ2) is 6.10. The van der Waals surface area contributed by atoms with E-state index < -0.39 is 28.3 Å². The van der Waals surface area contributed by atoms with E-state index in [-0.39, 0.29) is 6.42 Å². The molecule has 0 aliphatic carbocycles. The van der Waals surface area contributed by atoms with E-state index in [1.165, 1.54) is 12.3 Å². The van der Waals surface area contributed by atoms with Gasteiger partial charge < -0.3 is 9.66 Å². The highest BCUT2D eigenvalue weighted by atomic mass is 79.9. The van der Waals surface area contributed by atoms with Crippen molar-refractivity contribution in [1.82, 2.24) is 4.72 Å². The smallest absolute Gasteiger partial charge is 0.128 e. The largest absolute Gasteiger partial charge is 0.598 e. The lowest BCUT2D eigenvalue weighted by Gasteiger charge is -2.35. The molecule has 0 fully saturated rings. The summed E-state index contributed by atoms with van der Waals surface area (Å²) in [5.74, 6) is -0.395. The van der Waals surface area contributed by atoms with Crippen LogP contribution in [0.25, 0.3) is 0 Å². The van der Waals surface area contributed by atoms with Gasteiger partial charge in [0, 0.05) is 27.8 Å². The Balaban J connectivity index is 3.26. The van der Waals surface area contributed by atoms with E-state index in [0.717, 1.165) is 4.47 Å². The van der Waals surface area contributed by atoms with Gasteiger partial charge >= 0.3 is 0 Å². The minimum Gasteiger partial charge on any atom is -0.598 e. The molecule has 108 valence electrons. The third-order valence-corrected chi connectivity index (χ3v) is 3.91. The van der Waals surface area contributed by atoms with Crippen molar-refractivity contribution >= 4 is 27.3 Å². The van der Waals surface area contributed by atoms with Crippen molar-refractivity contribution in [3.63, 3.8) is 0 Å². The van der Waals surface area contributed by atoms with Crippen molar-refractivity contribution in [2.24, 2.45) is 0 Å². The molecule has 2 N–H and O–H groups in total. The molecule has 0 spiro atoms. The van der Waals surface area contributed by atoms with Crippen molar-refractivity contribution in [2.45, 2.75) is 38.3 Å². The van der Waals surface area contributed by atoms with E-state index in [1.807, 2.05) is 0 Å². The highest BCUT2D eigenvalue weighted by molar-refractivity contribution is 9.10. The Morgan fingerprint density at radius 1 is 1.42 bits per heavy atom. The number of halogens is 2. The molecule has 0 aliphatic heterocycles. The molecule has 0 saturated carbocycles. The molecule has 0 amide bonds. The maximum atomic E-state index is 14.0. The zero-order valence-electron chi connectivity index (χ0n) is 11.5. The maximum Gasteiger partial charge on any atom is 0.128 e. The first-order valence-electron chi connectivity index (χ1n) is 5.83. The van der Waals surface area contributed by atoms with Gasteiger partial charge in [0.2, 0.25) is 0 Å². The summed E-state index contributed by atoms with van der Waals surface area (Å²) in [6.07, 6.45) is 1.71. The van der Waals surface area contributed by atoms with Gasteiger partial charge in [-0.1, -0.05) is 15.9 Å². The molecule has 6 heteroatoms. The van der Waals surface area contributed by atoms with Gasteiger partial charge in [-0.05, 0) is 39.0 Å². The predicted octanol–water partition coefficient (Wildman–Crippen LogP) is 2.85. The average Bonchev–Trinajstić information content (AvgIpc) is 2.17. The number of hydrogen-bond acceptors (Lipinski definition) is 3. The number of rotatable bonds is 5. The zero-order chi connectivity index (χ0) is 14.8. The summed E-state index contributed by atoms with van der Waals surface area (Å²) in [6.45, 7) is 5.01. The van der Waals surface area contributed by atoms with Crippen molar-refractivity contribution in [1.29, 1.82) is 0 Å². The quantitative estimate of drug-likeness (QED) is 0.802. The lowest BCUT2D eigenvalue weighted by Crippen LogP contribution is -2.47. The third-order valence-electron chi connectivity index (χ3n) is 2.68. The Morgan fingerprint density at radius 2 is 2.00 bits per heavy atom. The van der Waals surface area contributed by atoms with Crippen LogP contribution in [0.4, 0.5) is 4.39 Å². The molecule has 2 atom stereocenters.